The maximum absolute atomic E-state index is 12.5. The Morgan fingerprint density at radius 2 is 2.00 bits per heavy atom. The Balaban J connectivity index is 1.45. The highest BCUT2D eigenvalue weighted by molar-refractivity contribution is 9.10. The van der Waals surface area contributed by atoms with E-state index in [1.807, 2.05) is 13.0 Å². The van der Waals surface area contributed by atoms with Crippen LogP contribution in [0.5, 0.6) is 5.75 Å². The van der Waals surface area contributed by atoms with E-state index in [9.17, 15) is 4.79 Å². The monoisotopic (exact) mass is 574 g/mol. The van der Waals surface area contributed by atoms with Crippen molar-refractivity contribution in [2.75, 3.05) is 11.9 Å². The molecule has 0 bridgehead atoms. The number of aromatic nitrogens is 2. The summed E-state index contributed by atoms with van der Waals surface area (Å²) in [6, 6.07) is 12.3. The van der Waals surface area contributed by atoms with Crippen LogP contribution in [0.2, 0.25) is 0 Å². The fraction of sp³-hybridized carbons (Fsp3) is 0.0909. The van der Waals surface area contributed by atoms with Crippen LogP contribution in [-0.4, -0.2) is 27.6 Å². The molecule has 2 aromatic heterocycles. The van der Waals surface area contributed by atoms with Crippen LogP contribution in [0.4, 0.5) is 5.69 Å². The van der Waals surface area contributed by atoms with Crippen molar-refractivity contribution in [1.29, 1.82) is 0 Å². The first kappa shape index (κ1) is 22.4. The number of thiocarbonyl (C=S) groups is 1. The van der Waals surface area contributed by atoms with Crippen LogP contribution >= 0.6 is 44.1 Å². The van der Waals surface area contributed by atoms with Gasteiger partial charge in [0.2, 0.25) is 5.89 Å². The zero-order chi connectivity index (χ0) is 22.7. The zero-order valence-electron chi connectivity index (χ0n) is 16.7. The number of fused-ring (bicyclic) bond motifs is 1. The third-order valence-corrected chi connectivity index (χ3v) is 5.58. The first-order valence-electron chi connectivity index (χ1n) is 9.49. The smallest absolute Gasteiger partial charge is 0.257 e. The van der Waals surface area contributed by atoms with E-state index in [0.29, 0.717) is 45.1 Å². The molecule has 0 unspecified atom stereocenters. The van der Waals surface area contributed by atoms with Crippen molar-refractivity contribution in [2.24, 2.45) is 0 Å². The van der Waals surface area contributed by atoms with Crippen molar-refractivity contribution in [2.45, 2.75) is 6.92 Å². The molecule has 0 aliphatic rings. The fourth-order valence-electron chi connectivity index (χ4n) is 2.91. The largest absolute Gasteiger partial charge is 0.493 e. The number of ether oxygens (including phenoxy) is 1. The van der Waals surface area contributed by atoms with E-state index in [4.69, 9.17) is 21.4 Å². The Bertz CT molecular complexity index is 1330. The fourth-order valence-corrected chi connectivity index (χ4v) is 3.98. The first-order valence-corrected chi connectivity index (χ1v) is 11.5. The van der Waals surface area contributed by atoms with Crippen molar-refractivity contribution in [3.8, 4) is 17.2 Å². The zero-order valence-corrected chi connectivity index (χ0v) is 20.7. The maximum Gasteiger partial charge on any atom is 0.257 e. The number of anilines is 1. The molecule has 7 nitrogen and oxygen atoms in total. The standard InChI is InChI=1S/C22H16Br2N4O3S/c1-2-30-18-5-3-12(8-16(18)24)20(29)28-22(32)26-15-4-6-19-17(9-15)27-21(31-19)13-7-14(23)11-25-10-13/h3-11H,2H2,1H3,(H2,26,28,29,32). The highest BCUT2D eigenvalue weighted by Gasteiger charge is 2.13. The van der Waals surface area contributed by atoms with Gasteiger partial charge in [0.15, 0.2) is 10.7 Å². The van der Waals surface area contributed by atoms with Crippen molar-refractivity contribution >= 4 is 71.9 Å². The molecule has 2 N–H and O–H groups in total. The summed E-state index contributed by atoms with van der Waals surface area (Å²) >= 11 is 12.1. The summed E-state index contributed by atoms with van der Waals surface area (Å²) in [5, 5.41) is 5.84. The van der Waals surface area contributed by atoms with Crippen molar-refractivity contribution in [3.05, 3.63) is 69.4 Å². The van der Waals surface area contributed by atoms with Gasteiger partial charge >= 0.3 is 0 Å². The molecule has 0 fully saturated rings. The Kier molecular flexibility index (Phi) is 6.83. The molecule has 162 valence electrons. The number of hydrogen-bond donors (Lipinski definition) is 2. The summed E-state index contributed by atoms with van der Waals surface area (Å²) in [5.74, 6) is 0.796. The van der Waals surface area contributed by atoms with Crippen LogP contribution in [0.25, 0.3) is 22.6 Å². The summed E-state index contributed by atoms with van der Waals surface area (Å²) in [5.41, 5.74) is 3.15. The Hall–Kier alpha value is -2.82. The van der Waals surface area contributed by atoms with Gasteiger partial charge in [-0.25, -0.2) is 4.98 Å². The minimum atomic E-state index is -0.335. The van der Waals surface area contributed by atoms with Crippen LogP contribution < -0.4 is 15.4 Å². The van der Waals surface area contributed by atoms with Gasteiger partial charge in [0.1, 0.15) is 11.3 Å². The molecule has 0 aliphatic carbocycles. The number of benzene rings is 2. The quantitative estimate of drug-likeness (QED) is 0.285. The van der Waals surface area contributed by atoms with E-state index < -0.39 is 0 Å². The van der Waals surface area contributed by atoms with Gasteiger partial charge in [0.25, 0.3) is 5.91 Å². The second kappa shape index (κ2) is 9.76. The minimum Gasteiger partial charge on any atom is -0.493 e. The molecule has 32 heavy (non-hydrogen) atoms. The number of hydrogen-bond acceptors (Lipinski definition) is 6. The lowest BCUT2D eigenvalue weighted by Crippen LogP contribution is -2.34. The lowest BCUT2D eigenvalue weighted by molar-refractivity contribution is 0.0977. The Morgan fingerprint density at radius 3 is 2.75 bits per heavy atom. The number of carbonyl (C=O) groups is 1. The molecule has 2 heterocycles. The number of carbonyl (C=O) groups excluding carboxylic acids is 1. The highest BCUT2D eigenvalue weighted by Crippen LogP contribution is 2.28. The lowest BCUT2D eigenvalue weighted by Gasteiger charge is -2.11. The molecular formula is C22H16Br2N4O3S. The summed E-state index contributed by atoms with van der Waals surface area (Å²) in [7, 11) is 0. The van der Waals surface area contributed by atoms with Crippen LogP contribution in [0.15, 0.2) is 68.2 Å². The van der Waals surface area contributed by atoms with Gasteiger partial charge < -0.3 is 14.5 Å². The molecule has 4 rings (SSSR count). The predicted molar refractivity (Wildman–Crippen MR) is 134 cm³/mol. The lowest BCUT2D eigenvalue weighted by atomic mass is 10.2. The van der Waals surface area contributed by atoms with Crippen molar-refractivity contribution in [1.82, 2.24) is 15.3 Å². The molecule has 10 heteroatoms. The SMILES string of the molecule is CCOc1ccc(C(=O)NC(=S)Nc2ccc3oc(-c4cncc(Br)c4)nc3c2)cc1Br. The van der Waals surface area contributed by atoms with Gasteiger partial charge in [-0.1, -0.05) is 0 Å². The normalized spacial score (nSPS) is 10.7. The van der Waals surface area contributed by atoms with Crippen LogP contribution in [0, 0.1) is 0 Å². The molecule has 2 aromatic carbocycles. The van der Waals surface area contributed by atoms with E-state index in [0.717, 1.165) is 10.0 Å². The van der Waals surface area contributed by atoms with Gasteiger partial charge in [-0.15, -0.1) is 0 Å². The topological polar surface area (TPSA) is 89.3 Å². The van der Waals surface area contributed by atoms with Gasteiger partial charge in [-0.05, 0) is 93.5 Å². The predicted octanol–water partition coefficient (Wildman–Crippen LogP) is 5.94. The molecule has 0 atom stereocenters. The van der Waals surface area contributed by atoms with Gasteiger partial charge in [-0.3, -0.25) is 15.1 Å². The number of halogens is 2. The highest BCUT2D eigenvalue weighted by atomic mass is 79.9. The van der Waals surface area contributed by atoms with Crippen molar-refractivity contribution < 1.29 is 13.9 Å². The van der Waals surface area contributed by atoms with Crippen LogP contribution in [0.3, 0.4) is 0 Å². The third kappa shape index (κ3) is 5.14. The van der Waals surface area contributed by atoms with E-state index >= 15 is 0 Å². The van der Waals surface area contributed by atoms with Crippen LogP contribution in [0.1, 0.15) is 17.3 Å². The van der Waals surface area contributed by atoms with Crippen molar-refractivity contribution in [3.63, 3.8) is 0 Å². The number of nitrogens with one attached hydrogen (secondary N) is 2. The van der Waals surface area contributed by atoms with Gasteiger partial charge in [-0.2, -0.15) is 0 Å². The summed E-state index contributed by atoms with van der Waals surface area (Å²) in [6.07, 6.45) is 3.37. The van der Waals surface area contributed by atoms with Gasteiger partial charge in [0, 0.05) is 28.1 Å². The maximum atomic E-state index is 12.5. The van der Waals surface area contributed by atoms with E-state index in [1.54, 1.807) is 48.8 Å². The van der Waals surface area contributed by atoms with E-state index in [1.165, 1.54) is 0 Å². The Labute approximate surface area is 205 Å². The number of nitrogens with zero attached hydrogens (tertiary/aromatic N) is 2. The second-order valence-corrected chi connectivity index (χ2v) is 8.76. The molecule has 1 amide bonds. The molecular weight excluding hydrogens is 560 g/mol. The average Bonchev–Trinajstić information content (AvgIpc) is 3.18. The van der Waals surface area contributed by atoms with Gasteiger partial charge in [0.05, 0.1) is 16.6 Å². The number of pyridine rings is 1. The number of amides is 1. The number of oxazole rings is 1. The first-order chi connectivity index (χ1) is 15.4. The molecule has 0 spiro atoms. The summed E-state index contributed by atoms with van der Waals surface area (Å²) in [4.78, 5) is 21.2. The molecule has 0 saturated heterocycles. The molecule has 4 aromatic rings. The number of rotatable bonds is 5. The molecule has 0 saturated carbocycles. The van der Waals surface area contributed by atoms with E-state index in [-0.39, 0.29) is 11.0 Å². The second-order valence-electron chi connectivity index (χ2n) is 6.58. The van der Waals surface area contributed by atoms with Crippen LogP contribution in [-0.2, 0) is 0 Å². The summed E-state index contributed by atoms with van der Waals surface area (Å²) in [6.45, 7) is 2.43. The van der Waals surface area contributed by atoms with E-state index in [2.05, 4.69) is 52.5 Å². The minimum absolute atomic E-state index is 0.166. The Morgan fingerprint density at radius 1 is 1.16 bits per heavy atom. The third-order valence-electron chi connectivity index (χ3n) is 4.32. The molecule has 0 radical (unpaired) electrons. The summed E-state index contributed by atoms with van der Waals surface area (Å²) < 4.78 is 12.8. The molecule has 0 aliphatic heterocycles. The average molecular weight is 576 g/mol.